The lowest BCUT2D eigenvalue weighted by Gasteiger charge is -1.99. The van der Waals surface area contributed by atoms with E-state index in [1.807, 2.05) is 0 Å². The Morgan fingerprint density at radius 2 is 1.67 bits per heavy atom. The molecule has 0 spiro atoms. The molecule has 15 heavy (non-hydrogen) atoms. The van der Waals surface area contributed by atoms with Crippen molar-refractivity contribution in [2.45, 2.75) is 57.8 Å². The highest BCUT2D eigenvalue weighted by molar-refractivity contribution is 5.89. The van der Waals surface area contributed by atoms with Gasteiger partial charge in [0.05, 0.1) is 6.42 Å². The summed E-state index contributed by atoms with van der Waals surface area (Å²) in [6.45, 7) is 0. The lowest BCUT2D eigenvalue weighted by molar-refractivity contribution is -0.122. The molecule has 0 aromatic carbocycles. The molecular formula is C13H20O2. The maximum atomic E-state index is 11.0. The molecule has 0 rings (SSSR count). The number of ketones is 1. The van der Waals surface area contributed by atoms with Crippen molar-refractivity contribution in [2.24, 2.45) is 0 Å². The van der Waals surface area contributed by atoms with Crippen molar-refractivity contribution in [3.8, 4) is 12.3 Å². The minimum Gasteiger partial charge on any atom is -0.303 e. The van der Waals surface area contributed by atoms with Crippen LogP contribution in [0.1, 0.15) is 57.8 Å². The molecule has 0 aliphatic heterocycles. The molecule has 0 fully saturated rings. The molecule has 0 heterocycles. The predicted octanol–water partition coefficient (Wildman–Crippen LogP) is 2.90. The van der Waals surface area contributed by atoms with Crippen LogP contribution in [0.25, 0.3) is 0 Å². The average molecular weight is 208 g/mol. The van der Waals surface area contributed by atoms with E-state index in [0.29, 0.717) is 12.7 Å². The van der Waals surface area contributed by atoms with Gasteiger partial charge in [-0.05, 0) is 12.8 Å². The molecule has 0 atom stereocenters. The fourth-order valence-corrected chi connectivity index (χ4v) is 1.45. The Balaban J connectivity index is 3.08. The summed E-state index contributed by atoms with van der Waals surface area (Å²) in [5.74, 6) is 2.69. The van der Waals surface area contributed by atoms with E-state index in [1.54, 1.807) is 0 Å². The third-order valence-electron chi connectivity index (χ3n) is 2.34. The standard InChI is InChI=1S/C13H20O2/c1-2-3-4-5-6-7-8-9-10-13(15)11-12-14/h1,12H,3-11H2. The van der Waals surface area contributed by atoms with Crippen LogP contribution in [0.3, 0.4) is 0 Å². The molecule has 0 aliphatic rings. The molecule has 2 heteroatoms. The van der Waals surface area contributed by atoms with Gasteiger partial charge in [0.25, 0.3) is 0 Å². The Labute approximate surface area is 92.4 Å². The summed E-state index contributed by atoms with van der Waals surface area (Å²) in [5.41, 5.74) is 0. The first-order chi connectivity index (χ1) is 7.31. The smallest absolute Gasteiger partial charge is 0.139 e. The van der Waals surface area contributed by atoms with Crippen molar-refractivity contribution in [3.05, 3.63) is 0 Å². The predicted molar refractivity (Wildman–Crippen MR) is 61.5 cm³/mol. The van der Waals surface area contributed by atoms with Crippen molar-refractivity contribution in [2.75, 3.05) is 0 Å². The highest BCUT2D eigenvalue weighted by atomic mass is 16.1. The lowest BCUT2D eigenvalue weighted by Crippen LogP contribution is -1.97. The molecule has 0 aromatic rings. The van der Waals surface area contributed by atoms with Crippen molar-refractivity contribution in [3.63, 3.8) is 0 Å². The summed E-state index contributed by atoms with van der Waals surface area (Å²) in [6, 6.07) is 0. The van der Waals surface area contributed by atoms with Crippen molar-refractivity contribution in [1.29, 1.82) is 0 Å². The number of aldehydes is 1. The van der Waals surface area contributed by atoms with Crippen molar-refractivity contribution < 1.29 is 9.59 Å². The summed E-state index contributed by atoms with van der Waals surface area (Å²) in [5, 5.41) is 0. The Morgan fingerprint density at radius 3 is 2.27 bits per heavy atom. The molecule has 0 N–H and O–H groups in total. The number of Topliss-reactive ketones (excluding diaryl/α,β-unsaturated/α-hetero) is 1. The van der Waals surface area contributed by atoms with E-state index in [9.17, 15) is 9.59 Å². The van der Waals surface area contributed by atoms with Gasteiger partial charge in [-0.15, -0.1) is 12.3 Å². The van der Waals surface area contributed by atoms with Crippen molar-refractivity contribution in [1.82, 2.24) is 0 Å². The Hall–Kier alpha value is -1.10. The monoisotopic (exact) mass is 208 g/mol. The molecule has 0 unspecified atom stereocenters. The van der Waals surface area contributed by atoms with Crippen LogP contribution < -0.4 is 0 Å². The second-order valence-corrected chi connectivity index (χ2v) is 3.73. The van der Waals surface area contributed by atoms with Gasteiger partial charge in [0.1, 0.15) is 12.1 Å². The number of carbonyl (C=O) groups is 2. The van der Waals surface area contributed by atoms with E-state index in [4.69, 9.17) is 6.42 Å². The molecule has 0 amide bonds. The molecule has 0 bridgehead atoms. The zero-order valence-corrected chi connectivity index (χ0v) is 9.34. The molecule has 84 valence electrons. The number of hydrogen-bond donors (Lipinski definition) is 0. The Morgan fingerprint density at radius 1 is 1.07 bits per heavy atom. The zero-order valence-electron chi connectivity index (χ0n) is 9.34. The molecule has 0 aromatic heterocycles. The summed E-state index contributed by atoms with van der Waals surface area (Å²) in [7, 11) is 0. The van der Waals surface area contributed by atoms with E-state index < -0.39 is 0 Å². The summed E-state index contributed by atoms with van der Waals surface area (Å²) in [4.78, 5) is 21.0. The van der Waals surface area contributed by atoms with Gasteiger partial charge >= 0.3 is 0 Å². The highest BCUT2D eigenvalue weighted by Gasteiger charge is 1.99. The normalized spacial score (nSPS) is 9.53. The van der Waals surface area contributed by atoms with Crippen LogP contribution in [0.4, 0.5) is 0 Å². The van der Waals surface area contributed by atoms with Gasteiger partial charge < -0.3 is 4.79 Å². The molecule has 0 aliphatic carbocycles. The Kier molecular flexibility index (Phi) is 10.2. The van der Waals surface area contributed by atoms with Crippen LogP contribution in [0, 0.1) is 12.3 Å². The second kappa shape index (κ2) is 11.0. The third-order valence-corrected chi connectivity index (χ3v) is 2.34. The van der Waals surface area contributed by atoms with Gasteiger partial charge in [-0.25, -0.2) is 0 Å². The van der Waals surface area contributed by atoms with Crippen LogP contribution in [0.5, 0.6) is 0 Å². The molecule has 0 saturated heterocycles. The summed E-state index contributed by atoms with van der Waals surface area (Å²) >= 11 is 0. The largest absolute Gasteiger partial charge is 0.303 e. The first-order valence-corrected chi connectivity index (χ1v) is 5.70. The topological polar surface area (TPSA) is 34.1 Å². The van der Waals surface area contributed by atoms with Crippen LogP contribution >= 0.6 is 0 Å². The molecule has 0 saturated carbocycles. The van der Waals surface area contributed by atoms with Gasteiger partial charge in [-0.2, -0.15) is 0 Å². The first-order valence-electron chi connectivity index (χ1n) is 5.70. The van der Waals surface area contributed by atoms with Gasteiger partial charge in [0, 0.05) is 12.8 Å². The van der Waals surface area contributed by atoms with E-state index in [1.165, 1.54) is 19.3 Å². The molecule has 0 radical (unpaired) electrons. The van der Waals surface area contributed by atoms with Crippen molar-refractivity contribution >= 4 is 12.1 Å². The van der Waals surface area contributed by atoms with Gasteiger partial charge in [0.2, 0.25) is 0 Å². The maximum Gasteiger partial charge on any atom is 0.139 e. The number of terminal acetylenes is 1. The average Bonchev–Trinajstić information content (AvgIpc) is 2.22. The zero-order chi connectivity index (χ0) is 11.4. The van der Waals surface area contributed by atoms with E-state index in [0.717, 1.165) is 25.7 Å². The molecule has 2 nitrogen and oxygen atoms in total. The van der Waals surface area contributed by atoms with Gasteiger partial charge in [0.15, 0.2) is 0 Å². The Bertz CT molecular complexity index is 213. The lowest BCUT2D eigenvalue weighted by atomic mass is 10.1. The summed E-state index contributed by atoms with van der Waals surface area (Å²) in [6.07, 6.45) is 14.0. The van der Waals surface area contributed by atoms with Gasteiger partial charge in [-0.3, -0.25) is 4.79 Å². The molecular weight excluding hydrogens is 188 g/mol. The quantitative estimate of drug-likeness (QED) is 0.239. The van der Waals surface area contributed by atoms with Gasteiger partial charge in [-0.1, -0.05) is 25.7 Å². The third kappa shape index (κ3) is 10.8. The number of carbonyl (C=O) groups excluding carboxylic acids is 2. The van der Waals surface area contributed by atoms with Crippen LogP contribution in [0.2, 0.25) is 0 Å². The second-order valence-electron chi connectivity index (χ2n) is 3.73. The number of hydrogen-bond acceptors (Lipinski definition) is 2. The van der Waals surface area contributed by atoms with E-state index in [-0.39, 0.29) is 12.2 Å². The number of rotatable bonds is 10. The minimum atomic E-state index is 0.0670. The fraction of sp³-hybridized carbons (Fsp3) is 0.692. The van der Waals surface area contributed by atoms with Crippen LogP contribution in [-0.2, 0) is 9.59 Å². The minimum absolute atomic E-state index is 0.0670. The number of unbranched alkanes of at least 4 members (excludes halogenated alkanes) is 6. The first kappa shape index (κ1) is 13.9. The fourth-order valence-electron chi connectivity index (χ4n) is 1.45. The van der Waals surface area contributed by atoms with Crippen LogP contribution in [-0.4, -0.2) is 12.1 Å². The highest BCUT2D eigenvalue weighted by Crippen LogP contribution is 2.08. The maximum absolute atomic E-state index is 11.0. The summed E-state index contributed by atoms with van der Waals surface area (Å²) < 4.78 is 0. The SMILES string of the molecule is C#CCCCCCCCCC(=O)CC=O. The van der Waals surface area contributed by atoms with E-state index >= 15 is 0 Å². The van der Waals surface area contributed by atoms with Crippen LogP contribution in [0.15, 0.2) is 0 Å². The van der Waals surface area contributed by atoms with E-state index in [2.05, 4.69) is 5.92 Å².